The quantitative estimate of drug-likeness (QED) is 0.731. The van der Waals surface area contributed by atoms with Gasteiger partial charge in [0, 0.05) is 4.47 Å². The van der Waals surface area contributed by atoms with E-state index in [-0.39, 0.29) is 16.8 Å². The molecule has 0 aliphatic rings. The minimum absolute atomic E-state index is 0.0122. The van der Waals surface area contributed by atoms with Gasteiger partial charge in [-0.15, -0.1) is 0 Å². The van der Waals surface area contributed by atoms with Crippen molar-refractivity contribution in [3.8, 4) is 6.07 Å². The number of hydrogen-bond acceptors (Lipinski definition) is 3. The second kappa shape index (κ2) is 3.46. The Kier molecular flexibility index (Phi) is 2.54. The van der Waals surface area contributed by atoms with Crippen molar-refractivity contribution in [2.24, 2.45) is 0 Å². The molecule has 0 saturated carbocycles. The molecular weight excluding hydrogens is 236 g/mol. The number of carboxylic acids is 1. The van der Waals surface area contributed by atoms with Crippen LogP contribution < -0.4 is 5.73 Å². The highest BCUT2D eigenvalue weighted by atomic mass is 79.9. The summed E-state index contributed by atoms with van der Waals surface area (Å²) < 4.78 is 0.353. The molecule has 3 N–H and O–H groups in total. The standard InChI is InChI=1S/C8H5BrN2O2/c9-5-1-2-6(11)4(3-10)7(5)8(12)13/h1-2H,11H2,(H,12,13). The van der Waals surface area contributed by atoms with Gasteiger partial charge in [-0.25, -0.2) is 4.79 Å². The largest absolute Gasteiger partial charge is 0.478 e. The molecule has 0 bridgehead atoms. The highest BCUT2D eigenvalue weighted by Gasteiger charge is 2.16. The Hall–Kier alpha value is -1.54. The molecule has 0 saturated heterocycles. The first-order chi connectivity index (χ1) is 6.07. The molecule has 0 radical (unpaired) electrons. The van der Waals surface area contributed by atoms with Gasteiger partial charge >= 0.3 is 5.97 Å². The van der Waals surface area contributed by atoms with E-state index in [1.54, 1.807) is 6.07 Å². The molecule has 0 aliphatic heterocycles. The van der Waals surface area contributed by atoms with Crippen molar-refractivity contribution in [3.63, 3.8) is 0 Å². The molecule has 0 spiro atoms. The molecule has 1 rings (SSSR count). The smallest absolute Gasteiger partial charge is 0.338 e. The van der Waals surface area contributed by atoms with Crippen LogP contribution in [0.25, 0.3) is 0 Å². The number of nitriles is 1. The molecule has 0 aliphatic carbocycles. The van der Waals surface area contributed by atoms with Crippen LogP contribution in [0.1, 0.15) is 15.9 Å². The number of nitrogens with two attached hydrogens (primary N) is 1. The van der Waals surface area contributed by atoms with Gasteiger partial charge in [0.1, 0.15) is 6.07 Å². The number of nitrogen functional groups attached to an aromatic ring is 1. The van der Waals surface area contributed by atoms with Crippen molar-refractivity contribution in [2.75, 3.05) is 5.73 Å². The normalized spacial score (nSPS) is 9.23. The van der Waals surface area contributed by atoms with Crippen molar-refractivity contribution in [2.45, 2.75) is 0 Å². The summed E-state index contributed by atoms with van der Waals surface area (Å²) in [5.74, 6) is -1.17. The van der Waals surface area contributed by atoms with Crippen LogP contribution in [0.15, 0.2) is 16.6 Å². The Balaban J connectivity index is 3.55. The van der Waals surface area contributed by atoms with E-state index in [0.717, 1.165) is 0 Å². The van der Waals surface area contributed by atoms with Gasteiger partial charge < -0.3 is 10.8 Å². The Bertz CT molecular complexity index is 409. The molecule has 13 heavy (non-hydrogen) atoms. The van der Waals surface area contributed by atoms with E-state index >= 15 is 0 Å². The van der Waals surface area contributed by atoms with E-state index in [0.29, 0.717) is 4.47 Å². The summed E-state index contributed by atoms with van der Waals surface area (Å²) in [5.41, 5.74) is 5.49. The fourth-order valence-corrected chi connectivity index (χ4v) is 1.42. The lowest BCUT2D eigenvalue weighted by atomic mass is 10.1. The van der Waals surface area contributed by atoms with Crippen molar-refractivity contribution in [1.29, 1.82) is 5.26 Å². The zero-order valence-corrected chi connectivity index (χ0v) is 8.00. The molecule has 0 fully saturated rings. The van der Waals surface area contributed by atoms with Crippen LogP contribution in [0.5, 0.6) is 0 Å². The minimum atomic E-state index is -1.17. The number of halogens is 1. The third-order valence-electron chi connectivity index (χ3n) is 1.51. The molecule has 5 heteroatoms. The van der Waals surface area contributed by atoms with E-state index < -0.39 is 5.97 Å². The molecule has 1 aromatic carbocycles. The number of nitrogens with zero attached hydrogens (tertiary/aromatic N) is 1. The van der Waals surface area contributed by atoms with Crippen LogP contribution in [0.3, 0.4) is 0 Å². The SMILES string of the molecule is N#Cc1c(N)ccc(Br)c1C(=O)O. The van der Waals surface area contributed by atoms with Gasteiger partial charge in [0.15, 0.2) is 0 Å². The zero-order valence-electron chi connectivity index (χ0n) is 6.41. The molecule has 4 nitrogen and oxygen atoms in total. The van der Waals surface area contributed by atoms with Gasteiger partial charge in [0.2, 0.25) is 0 Å². The third-order valence-corrected chi connectivity index (χ3v) is 2.17. The number of rotatable bonds is 1. The second-order valence-corrected chi connectivity index (χ2v) is 3.16. The zero-order chi connectivity index (χ0) is 10.0. The number of benzene rings is 1. The van der Waals surface area contributed by atoms with Crippen LogP contribution in [0.4, 0.5) is 5.69 Å². The molecular formula is C8H5BrN2O2. The topological polar surface area (TPSA) is 87.1 Å². The Morgan fingerprint density at radius 2 is 2.23 bits per heavy atom. The molecule has 0 amide bonds. The summed E-state index contributed by atoms with van der Waals surface area (Å²) in [7, 11) is 0. The summed E-state index contributed by atoms with van der Waals surface area (Å²) >= 11 is 3.04. The maximum Gasteiger partial charge on any atom is 0.338 e. The first-order valence-corrected chi connectivity index (χ1v) is 4.08. The van der Waals surface area contributed by atoms with E-state index in [2.05, 4.69) is 15.9 Å². The Labute approximate surface area is 82.7 Å². The van der Waals surface area contributed by atoms with Crippen molar-refractivity contribution >= 4 is 27.6 Å². The van der Waals surface area contributed by atoms with Crippen LogP contribution in [-0.4, -0.2) is 11.1 Å². The molecule has 0 heterocycles. The van der Waals surface area contributed by atoms with E-state index in [9.17, 15) is 4.79 Å². The van der Waals surface area contributed by atoms with Crippen LogP contribution >= 0.6 is 15.9 Å². The number of hydrogen-bond donors (Lipinski definition) is 2. The first-order valence-electron chi connectivity index (χ1n) is 3.29. The predicted molar refractivity (Wildman–Crippen MR) is 50.2 cm³/mol. The number of aromatic carboxylic acids is 1. The third kappa shape index (κ3) is 1.63. The van der Waals surface area contributed by atoms with Gasteiger partial charge in [-0.2, -0.15) is 5.26 Å². The lowest BCUT2D eigenvalue weighted by Crippen LogP contribution is -2.04. The van der Waals surface area contributed by atoms with Gasteiger partial charge in [-0.05, 0) is 28.1 Å². The molecule has 0 unspecified atom stereocenters. The summed E-state index contributed by atoms with van der Waals surface area (Å²) in [6.45, 7) is 0. The summed E-state index contributed by atoms with van der Waals surface area (Å²) in [5, 5.41) is 17.4. The molecule has 0 atom stereocenters. The van der Waals surface area contributed by atoms with Gasteiger partial charge in [0.05, 0.1) is 16.8 Å². The summed E-state index contributed by atoms with van der Waals surface area (Å²) in [6, 6.07) is 4.73. The fourth-order valence-electron chi connectivity index (χ4n) is 0.923. The van der Waals surface area contributed by atoms with E-state index in [1.165, 1.54) is 12.1 Å². The lowest BCUT2D eigenvalue weighted by molar-refractivity contribution is 0.0695. The monoisotopic (exact) mass is 240 g/mol. The van der Waals surface area contributed by atoms with Gasteiger partial charge in [-0.3, -0.25) is 0 Å². The van der Waals surface area contributed by atoms with E-state index in [1.807, 2.05) is 0 Å². The highest BCUT2D eigenvalue weighted by molar-refractivity contribution is 9.10. The Morgan fingerprint density at radius 3 is 2.62 bits per heavy atom. The van der Waals surface area contributed by atoms with E-state index in [4.69, 9.17) is 16.1 Å². The second-order valence-electron chi connectivity index (χ2n) is 2.30. The number of anilines is 1. The Morgan fingerprint density at radius 1 is 1.62 bits per heavy atom. The van der Waals surface area contributed by atoms with Gasteiger partial charge in [0.25, 0.3) is 0 Å². The van der Waals surface area contributed by atoms with Crippen LogP contribution in [0, 0.1) is 11.3 Å². The minimum Gasteiger partial charge on any atom is -0.478 e. The van der Waals surface area contributed by atoms with Crippen molar-refractivity contribution in [3.05, 3.63) is 27.7 Å². The lowest BCUT2D eigenvalue weighted by Gasteiger charge is -2.03. The van der Waals surface area contributed by atoms with Crippen LogP contribution in [-0.2, 0) is 0 Å². The predicted octanol–water partition coefficient (Wildman–Crippen LogP) is 1.60. The average Bonchev–Trinajstić information content (AvgIpc) is 2.07. The fraction of sp³-hybridized carbons (Fsp3) is 0. The average molecular weight is 241 g/mol. The molecule has 1 aromatic rings. The van der Waals surface area contributed by atoms with Crippen molar-refractivity contribution < 1.29 is 9.90 Å². The summed E-state index contributed by atoms with van der Waals surface area (Å²) in [6.07, 6.45) is 0. The molecule has 66 valence electrons. The van der Waals surface area contributed by atoms with Crippen molar-refractivity contribution in [1.82, 2.24) is 0 Å². The number of carboxylic acid groups (broad SMARTS) is 1. The number of carbonyl (C=O) groups is 1. The summed E-state index contributed by atoms with van der Waals surface area (Å²) in [4.78, 5) is 10.7. The highest BCUT2D eigenvalue weighted by Crippen LogP contribution is 2.24. The van der Waals surface area contributed by atoms with Crippen LogP contribution in [0.2, 0.25) is 0 Å². The first kappa shape index (κ1) is 9.55. The maximum atomic E-state index is 10.7. The maximum absolute atomic E-state index is 10.7. The van der Waals surface area contributed by atoms with Gasteiger partial charge in [-0.1, -0.05) is 0 Å². The molecule has 0 aromatic heterocycles.